The van der Waals surface area contributed by atoms with E-state index in [1.54, 1.807) is 0 Å². The highest BCUT2D eigenvalue weighted by Crippen LogP contribution is 2.22. The summed E-state index contributed by atoms with van der Waals surface area (Å²) < 4.78 is 16.5. The second-order valence-electron chi connectivity index (χ2n) is 8.55. The predicted octanol–water partition coefficient (Wildman–Crippen LogP) is 2.30. The van der Waals surface area contributed by atoms with Gasteiger partial charge < -0.3 is 30.2 Å². The number of amides is 2. The Balaban J connectivity index is 1.36. The third kappa shape index (κ3) is 9.68. The van der Waals surface area contributed by atoms with Crippen LogP contribution in [0.15, 0.2) is 54.6 Å². The zero-order chi connectivity index (χ0) is 24.7. The van der Waals surface area contributed by atoms with Crippen molar-refractivity contribution in [2.75, 3.05) is 46.1 Å². The Morgan fingerprint density at radius 3 is 2.43 bits per heavy atom. The van der Waals surface area contributed by atoms with E-state index >= 15 is 0 Å². The number of nitrogens with two attached hydrogens (primary N) is 1. The van der Waals surface area contributed by atoms with E-state index < -0.39 is 0 Å². The van der Waals surface area contributed by atoms with Gasteiger partial charge in [-0.1, -0.05) is 42.5 Å². The maximum absolute atomic E-state index is 12.9. The number of carbonyl (C=O) groups excluding carboxylic acids is 2. The number of hydrogen-bond acceptors (Lipinski definition) is 6. The second kappa shape index (κ2) is 15.1. The minimum absolute atomic E-state index is 0.0541. The van der Waals surface area contributed by atoms with E-state index in [4.69, 9.17) is 19.9 Å². The second-order valence-corrected chi connectivity index (χ2v) is 8.55. The van der Waals surface area contributed by atoms with E-state index in [-0.39, 0.29) is 17.9 Å². The highest BCUT2D eigenvalue weighted by molar-refractivity contribution is 5.81. The molecule has 1 fully saturated rings. The van der Waals surface area contributed by atoms with E-state index in [0.29, 0.717) is 65.5 Å². The van der Waals surface area contributed by atoms with Gasteiger partial charge in [-0.3, -0.25) is 9.59 Å². The summed E-state index contributed by atoms with van der Waals surface area (Å²) in [6.45, 7) is 4.05. The summed E-state index contributed by atoms with van der Waals surface area (Å²) in [5, 5.41) is 2.87. The van der Waals surface area contributed by atoms with Crippen LogP contribution in [0.3, 0.4) is 0 Å². The molecule has 8 heteroatoms. The van der Waals surface area contributed by atoms with Gasteiger partial charge in [-0.25, -0.2) is 0 Å². The summed E-state index contributed by atoms with van der Waals surface area (Å²) in [5.74, 6) is 0.768. The molecular weight excluding hydrogens is 446 g/mol. The molecule has 8 nitrogen and oxygen atoms in total. The average molecular weight is 484 g/mol. The van der Waals surface area contributed by atoms with E-state index in [0.717, 1.165) is 29.7 Å². The lowest BCUT2D eigenvalue weighted by Gasteiger charge is -2.24. The van der Waals surface area contributed by atoms with E-state index in [1.807, 2.05) is 59.5 Å². The number of carbonyl (C=O) groups is 2. The molecule has 1 heterocycles. The largest absolute Gasteiger partial charge is 0.489 e. The zero-order valence-corrected chi connectivity index (χ0v) is 20.3. The first-order valence-electron chi connectivity index (χ1n) is 12.3. The first kappa shape index (κ1) is 26.7. The maximum atomic E-state index is 12.9. The minimum atomic E-state index is -0.0578. The van der Waals surface area contributed by atoms with Gasteiger partial charge in [0.05, 0.1) is 32.8 Å². The Morgan fingerprint density at radius 1 is 0.943 bits per heavy atom. The Hall–Kier alpha value is -2.94. The van der Waals surface area contributed by atoms with Gasteiger partial charge in [-0.2, -0.15) is 0 Å². The third-order valence-corrected chi connectivity index (χ3v) is 5.85. The van der Waals surface area contributed by atoms with Crippen LogP contribution >= 0.6 is 0 Å². The number of rotatable bonds is 15. The van der Waals surface area contributed by atoms with Crippen LogP contribution in [0.5, 0.6) is 5.75 Å². The van der Waals surface area contributed by atoms with Crippen LogP contribution in [0.1, 0.15) is 30.4 Å². The first-order chi connectivity index (χ1) is 17.2. The smallest absolute Gasteiger partial charge is 0.227 e. The molecule has 3 N–H and O–H groups in total. The Labute approximate surface area is 207 Å². The van der Waals surface area contributed by atoms with Crippen molar-refractivity contribution in [3.8, 4) is 5.75 Å². The van der Waals surface area contributed by atoms with Crippen LogP contribution in [0.2, 0.25) is 0 Å². The zero-order valence-electron chi connectivity index (χ0n) is 20.3. The molecule has 2 aromatic carbocycles. The van der Waals surface area contributed by atoms with E-state index in [1.165, 1.54) is 0 Å². The normalized spacial score (nSPS) is 15.2. The molecule has 0 spiro atoms. The molecule has 1 aliphatic rings. The fourth-order valence-electron chi connectivity index (χ4n) is 4.05. The molecule has 0 saturated carbocycles. The summed E-state index contributed by atoms with van der Waals surface area (Å²) in [4.78, 5) is 27.1. The number of ether oxygens (including phenoxy) is 3. The lowest BCUT2D eigenvalue weighted by molar-refractivity contribution is -0.132. The third-order valence-electron chi connectivity index (χ3n) is 5.85. The van der Waals surface area contributed by atoms with Crippen molar-refractivity contribution in [2.45, 2.75) is 38.3 Å². The lowest BCUT2D eigenvalue weighted by atomic mass is 10.1. The molecule has 0 radical (unpaired) electrons. The van der Waals surface area contributed by atoms with E-state index in [9.17, 15) is 9.59 Å². The van der Waals surface area contributed by atoms with Gasteiger partial charge in [-0.15, -0.1) is 0 Å². The molecule has 0 bridgehead atoms. The molecule has 1 unspecified atom stereocenters. The number of likely N-dealkylation sites (tertiary alicyclic amines) is 1. The van der Waals surface area contributed by atoms with E-state index in [2.05, 4.69) is 5.32 Å². The molecule has 3 rings (SSSR count). The Morgan fingerprint density at radius 2 is 1.69 bits per heavy atom. The summed E-state index contributed by atoms with van der Waals surface area (Å²) in [6.07, 6.45) is 2.40. The molecule has 35 heavy (non-hydrogen) atoms. The van der Waals surface area contributed by atoms with Crippen LogP contribution in [0.25, 0.3) is 0 Å². The van der Waals surface area contributed by atoms with Crippen LogP contribution in [-0.2, 0) is 32.1 Å². The Kier molecular flexibility index (Phi) is 11.5. The van der Waals surface area contributed by atoms with Crippen molar-refractivity contribution in [3.63, 3.8) is 0 Å². The van der Waals surface area contributed by atoms with Crippen molar-refractivity contribution in [1.82, 2.24) is 10.2 Å². The molecular formula is C27H37N3O5. The topological polar surface area (TPSA) is 103 Å². The van der Waals surface area contributed by atoms with Crippen LogP contribution in [-0.4, -0.2) is 68.8 Å². The molecule has 2 aromatic rings. The fraction of sp³-hybridized carbons (Fsp3) is 0.481. The van der Waals surface area contributed by atoms with Crippen LogP contribution in [0.4, 0.5) is 0 Å². The highest BCUT2D eigenvalue weighted by atomic mass is 16.5. The number of hydrogen-bond donors (Lipinski definition) is 2. The molecule has 1 saturated heterocycles. The SMILES string of the molecule is NCCOCCOCCNC(=O)CC1CCCN1C(=O)Cc1ccc(OCc2ccccc2)cc1. The number of benzene rings is 2. The summed E-state index contributed by atoms with van der Waals surface area (Å²) in [5.41, 5.74) is 7.39. The van der Waals surface area contributed by atoms with Gasteiger partial charge in [0.15, 0.2) is 0 Å². The van der Waals surface area contributed by atoms with Gasteiger partial charge >= 0.3 is 0 Å². The molecule has 0 aliphatic carbocycles. The molecule has 2 amide bonds. The first-order valence-corrected chi connectivity index (χ1v) is 12.3. The summed E-state index contributed by atoms with van der Waals surface area (Å²) in [7, 11) is 0. The molecule has 1 atom stereocenters. The monoisotopic (exact) mass is 483 g/mol. The van der Waals surface area contributed by atoms with Crippen molar-refractivity contribution in [1.29, 1.82) is 0 Å². The van der Waals surface area contributed by atoms with Gasteiger partial charge in [0.25, 0.3) is 0 Å². The minimum Gasteiger partial charge on any atom is -0.489 e. The van der Waals surface area contributed by atoms with Crippen molar-refractivity contribution in [2.24, 2.45) is 5.73 Å². The van der Waals surface area contributed by atoms with Gasteiger partial charge in [0, 0.05) is 32.1 Å². The molecule has 1 aliphatic heterocycles. The van der Waals surface area contributed by atoms with Gasteiger partial charge in [0.2, 0.25) is 11.8 Å². The lowest BCUT2D eigenvalue weighted by Crippen LogP contribution is -2.40. The quantitative estimate of drug-likeness (QED) is 0.377. The summed E-state index contributed by atoms with van der Waals surface area (Å²) >= 11 is 0. The predicted molar refractivity (Wildman–Crippen MR) is 134 cm³/mol. The van der Waals surface area contributed by atoms with Gasteiger partial charge in [0.1, 0.15) is 12.4 Å². The van der Waals surface area contributed by atoms with Crippen molar-refractivity contribution >= 4 is 11.8 Å². The average Bonchev–Trinajstić information content (AvgIpc) is 3.34. The fourth-order valence-corrected chi connectivity index (χ4v) is 4.05. The Bertz CT molecular complexity index is 891. The van der Waals surface area contributed by atoms with Crippen LogP contribution in [0, 0.1) is 0 Å². The molecule has 190 valence electrons. The number of nitrogens with one attached hydrogen (secondary N) is 1. The number of nitrogens with zero attached hydrogens (tertiary/aromatic N) is 1. The standard InChI is InChI=1S/C27H37N3O5/c28-12-15-33-17-18-34-16-13-29-26(31)20-24-7-4-14-30(24)27(32)19-22-8-10-25(11-9-22)35-21-23-5-2-1-3-6-23/h1-3,5-6,8-11,24H,4,7,12-21,28H2,(H,29,31). The van der Waals surface area contributed by atoms with Crippen molar-refractivity contribution in [3.05, 3.63) is 65.7 Å². The highest BCUT2D eigenvalue weighted by Gasteiger charge is 2.30. The molecule has 0 aromatic heterocycles. The van der Waals surface area contributed by atoms with Crippen molar-refractivity contribution < 1.29 is 23.8 Å². The van der Waals surface area contributed by atoms with Gasteiger partial charge in [-0.05, 0) is 36.1 Å². The van der Waals surface area contributed by atoms with Crippen LogP contribution < -0.4 is 15.8 Å². The maximum Gasteiger partial charge on any atom is 0.227 e. The summed E-state index contributed by atoms with van der Waals surface area (Å²) in [6, 6.07) is 17.6.